The van der Waals surface area contributed by atoms with Gasteiger partial charge in [0.15, 0.2) is 5.65 Å². The second kappa shape index (κ2) is 6.57. The first kappa shape index (κ1) is 16.2. The Morgan fingerprint density at radius 3 is 3.16 bits per heavy atom. The Morgan fingerprint density at radius 2 is 2.40 bits per heavy atom. The maximum atomic E-state index is 10.4. The summed E-state index contributed by atoms with van der Waals surface area (Å²) in [4.78, 5) is 15.3. The first-order valence-corrected chi connectivity index (χ1v) is 8.88. The number of aromatic nitrogens is 3. The molecule has 0 spiro atoms. The fraction of sp³-hybridized carbons (Fsp3) is 0.375. The molecule has 8 nitrogen and oxygen atoms in total. The number of piperidine rings is 1. The Kier molecular flexibility index (Phi) is 4.26. The first-order valence-electron chi connectivity index (χ1n) is 8.09. The SMILES string of the molecule is Nc1c(Br)c(C2CCCNC2)nc2c(-c3coc(CN=O)c3)cnn12. The zero-order valence-corrected chi connectivity index (χ0v) is 15.0. The van der Waals surface area contributed by atoms with Crippen molar-refractivity contribution in [3.05, 3.63) is 39.4 Å². The van der Waals surface area contributed by atoms with Gasteiger partial charge in [0.05, 0.1) is 22.6 Å². The van der Waals surface area contributed by atoms with Gasteiger partial charge in [0.2, 0.25) is 0 Å². The monoisotopic (exact) mass is 404 g/mol. The summed E-state index contributed by atoms with van der Waals surface area (Å²) in [5.74, 6) is 1.33. The van der Waals surface area contributed by atoms with Crippen LogP contribution in [0.2, 0.25) is 0 Å². The standard InChI is InChI=1S/C16H17BrN6O2/c17-13-14(9-2-1-3-19-5-9)22-16-12(7-20-23(16)15(13)18)10-4-11(6-21-24)25-8-10/h4,7-9,19H,1-3,5-6,18H2. The number of halogens is 1. The number of nitroso groups, excluding NO2 is 1. The van der Waals surface area contributed by atoms with Gasteiger partial charge in [-0.05, 0) is 41.4 Å². The average molecular weight is 405 g/mol. The van der Waals surface area contributed by atoms with Crippen LogP contribution in [0.5, 0.6) is 0 Å². The molecule has 0 aliphatic carbocycles. The van der Waals surface area contributed by atoms with Crippen LogP contribution < -0.4 is 11.1 Å². The second-order valence-electron chi connectivity index (χ2n) is 6.12. The van der Waals surface area contributed by atoms with Crippen molar-refractivity contribution in [2.24, 2.45) is 5.18 Å². The summed E-state index contributed by atoms with van der Waals surface area (Å²) in [6.07, 6.45) is 5.47. The van der Waals surface area contributed by atoms with Crippen molar-refractivity contribution in [3.8, 4) is 11.1 Å². The third kappa shape index (κ3) is 2.83. The molecule has 3 aromatic rings. The van der Waals surface area contributed by atoms with Crippen molar-refractivity contribution in [3.63, 3.8) is 0 Å². The van der Waals surface area contributed by atoms with Crippen molar-refractivity contribution in [2.45, 2.75) is 25.3 Å². The van der Waals surface area contributed by atoms with Crippen molar-refractivity contribution < 1.29 is 4.42 Å². The highest BCUT2D eigenvalue weighted by molar-refractivity contribution is 9.10. The van der Waals surface area contributed by atoms with Gasteiger partial charge in [0.25, 0.3) is 0 Å². The third-order valence-electron chi connectivity index (χ3n) is 4.52. The van der Waals surface area contributed by atoms with E-state index in [0.29, 0.717) is 23.1 Å². The van der Waals surface area contributed by atoms with Crippen LogP contribution in [0.25, 0.3) is 16.8 Å². The predicted molar refractivity (Wildman–Crippen MR) is 97.1 cm³/mol. The van der Waals surface area contributed by atoms with E-state index in [1.54, 1.807) is 23.0 Å². The minimum absolute atomic E-state index is 0.000673. The highest BCUT2D eigenvalue weighted by Gasteiger charge is 2.24. The van der Waals surface area contributed by atoms with E-state index in [0.717, 1.165) is 47.2 Å². The molecule has 1 aliphatic heterocycles. The van der Waals surface area contributed by atoms with Gasteiger partial charge in [0, 0.05) is 23.6 Å². The predicted octanol–water partition coefficient (Wildman–Crippen LogP) is 3.07. The van der Waals surface area contributed by atoms with Gasteiger partial charge in [-0.1, -0.05) is 5.18 Å². The topological polar surface area (TPSA) is 111 Å². The maximum absolute atomic E-state index is 10.4. The lowest BCUT2D eigenvalue weighted by atomic mass is 9.96. The molecule has 9 heteroatoms. The molecule has 3 aromatic heterocycles. The number of nitrogens with two attached hydrogens (primary N) is 1. The fourth-order valence-corrected chi connectivity index (χ4v) is 3.82. The number of rotatable bonds is 4. The summed E-state index contributed by atoms with van der Waals surface area (Å²) in [6.45, 7) is 1.91. The summed E-state index contributed by atoms with van der Waals surface area (Å²) >= 11 is 3.59. The molecular formula is C16H17BrN6O2. The molecule has 0 aromatic carbocycles. The number of nitrogens with one attached hydrogen (secondary N) is 1. The highest BCUT2D eigenvalue weighted by atomic mass is 79.9. The van der Waals surface area contributed by atoms with Gasteiger partial charge in [-0.3, -0.25) is 0 Å². The molecule has 3 N–H and O–H groups in total. The van der Waals surface area contributed by atoms with Gasteiger partial charge in [0.1, 0.15) is 18.1 Å². The molecule has 1 fully saturated rings. The molecule has 130 valence electrons. The number of anilines is 1. The number of hydrogen-bond donors (Lipinski definition) is 2. The molecule has 1 unspecified atom stereocenters. The number of fused-ring (bicyclic) bond motifs is 1. The molecule has 1 aliphatic rings. The molecule has 0 radical (unpaired) electrons. The van der Waals surface area contributed by atoms with Crippen molar-refractivity contribution in [2.75, 3.05) is 18.8 Å². The molecule has 0 amide bonds. The minimum Gasteiger partial charge on any atom is -0.467 e. The molecule has 0 bridgehead atoms. The van der Waals surface area contributed by atoms with Gasteiger partial charge >= 0.3 is 0 Å². The molecular weight excluding hydrogens is 388 g/mol. The van der Waals surface area contributed by atoms with Crippen LogP contribution in [-0.2, 0) is 6.54 Å². The molecule has 0 saturated carbocycles. The van der Waals surface area contributed by atoms with Gasteiger partial charge in [-0.2, -0.15) is 14.5 Å². The van der Waals surface area contributed by atoms with Crippen LogP contribution >= 0.6 is 15.9 Å². The van der Waals surface area contributed by atoms with E-state index in [-0.39, 0.29) is 6.54 Å². The largest absolute Gasteiger partial charge is 0.467 e. The maximum Gasteiger partial charge on any atom is 0.165 e. The van der Waals surface area contributed by atoms with E-state index in [4.69, 9.17) is 15.1 Å². The van der Waals surface area contributed by atoms with Crippen LogP contribution in [0.15, 0.2) is 32.6 Å². The van der Waals surface area contributed by atoms with E-state index in [2.05, 4.69) is 31.5 Å². The highest BCUT2D eigenvalue weighted by Crippen LogP contribution is 2.35. The number of hydrogen-bond acceptors (Lipinski definition) is 7. The fourth-order valence-electron chi connectivity index (χ4n) is 3.24. The molecule has 1 saturated heterocycles. The number of nitrogens with zero attached hydrogens (tertiary/aromatic N) is 4. The van der Waals surface area contributed by atoms with Crippen molar-refractivity contribution >= 4 is 27.4 Å². The van der Waals surface area contributed by atoms with Crippen LogP contribution in [0, 0.1) is 4.91 Å². The molecule has 1 atom stereocenters. The van der Waals surface area contributed by atoms with Gasteiger partial charge in [-0.25, -0.2) is 4.98 Å². The van der Waals surface area contributed by atoms with Crippen LogP contribution in [0.1, 0.15) is 30.2 Å². The van der Waals surface area contributed by atoms with Gasteiger partial charge < -0.3 is 15.5 Å². The molecule has 4 heterocycles. The molecule has 25 heavy (non-hydrogen) atoms. The van der Waals surface area contributed by atoms with Crippen LogP contribution in [-0.4, -0.2) is 27.7 Å². The van der Waals surface area contributed by atoms with E-state index in [9.17, 15) is 4.91 Å². The van der Waals surface area contributed by atoms with Crippen LogP contribution in [0.3, 0.4) is 0 Å². The Labute approximate surface area is 151 Å². The summed E-state index contributed by atoms with van der Waals surface area (Å²) in [6, 6.07) is 1.78. The average Bonchev–Trinajstić information content (AvgIpc) is 3.26. The van der Waals surface area contributed by atoms with Crippen molar-refractivity contribution in [1.29, 1.82) is 0 Å². The Balaban J connectivity index is 1.83. The second-order valence-corrected chi connectivity index (χ2v) is 6.92. The zero-order chi connectivity index (χ0) is 17.4. The minimum atomic E-state index is -0.000673. The van der Waals surface area contributed by atoms with Crippen molar-refractivity contribution in [1.82, 2.24) is 19.9 Å². The van der Waals surface area contributed by atoms with E-state index in [1.807, 2.05) is 0 Å². The van der Waals surface area contributed by atoms with E-state index >= 15 is 0 Å². The number of furan rings is 1. The van der Waals surface area contributed by atoms with Crippen LogP contribution in [0.4, 0.5) is 5.82 Å². The lowest BCUT2D eigenvalue weighted by Crippen LogP contribution is -2.29. The normalized spacial score (nSPS) is 17.9. The van der Waals surface area contributed by atoms with E-state index < -0.39 is 0 Å². The Hall–Kier alpha value is -2.26. The molecule has 4 rings (SSSR count). The first-order chi connectivity index (χ1) is 12.2. The lowest BCUT2D eigenvalue weighted by molar-refractivity contribution is 0.453. The summed E-state index contributed by atoms with van der Waals surface area (Å²) in [5, 5.41) is 10.6. The summed E-state index contributed by atoms with van der Waals surface area (Å²) in [5.41, 5.74) is 9.51. The smallest absolute Gasteiger partial charge is 0.165 e. The third-order valence-corrected chi connectivity index (χ3v) is 5.33. The summed E-state index contributed by atoms with van der Waals surface area (Å²) in [7, 11) is 0. The zero-order valence-electron chi connectivity index (χ0n) is 13.4. The van der Waals surface area contributed by atoms with Gasteiger partial charge in [-0.15, -0.1) is 0 Å². The quantitative estimate of drug-likeness (QED) is 0.646. The Morgan fingerprint density at radius 1 is 1.52 bits per heavy atom. The van der Waals surface area contributed by atoms with E-state index in [1.165, 1.54) is 0 Å². The Bertz CT molecular complexity index is 928. The summed E-state index contributed by atoms with van der Waals surface area (Å²) < 4.78 is 7.78. The lowest BCUT2D eigenvalue weighted by Gasteiger charge is -2.23. The number of nitrogen functional groups attached to an aromatic ring is 1.